The van der Waals surface area contributed by atoms with Gasteiger partial charge in [0.25, 0.3) is 5.91 Å². The van der Waals surface area contributed by atoms with E-state index in [2.05, 4.69) is 15.6 Å². The van der Waals surface area contributed by atoms with E-state index >= 15 is 0 Å². The number of nitrogens with zero attached hydrogens (tertiary/aromatic N) is 1. The summed E-state index contributed by atoms with van der Waals surface area (Å²) >= 11 is 0. The molecule has 1 saturated heterocycles. The molecule has 2 rings (SSSR count). The first-order chi connectivity index (χ1) is 9.29. The summed E-state index contributed by atoms with van der Waals surface area (Å²) in [4.78, 5) is 16.0. The van der Waals surface area contributed by atoms with Gasteiger partial charge in [0.05, 0.1) is 11.7 Å². The Morgan fingerprint density at radius 1 is 1.47 bits per heavy atom. The third kappa shape index (κ3) is 4.21. The van der Waals surface area contributed by atoms with E-state index in [0.29, 0.717) is 18.2 Å². The maximum Gasteiger partial charge on any atom is 0.252 e. The molecule has 2 heterocycles. The fourth-order valence-electron chi connectivity index (χ4n) is 2.16. The Morgan fingerprint density at radius 3 is 3.00 bits per heavy atom. The molecule has 0 bridgehead atoms. The van der Waals surface area contributed by atoms with Gasteiger partial charge >= 0.3 is 0 Å². The molecule has 0 spiro atoms. The summed E-state index contributed by atoms with van der Waals surface area (Å²) in [6, 6.07) is 3.56. The molecule has 5 nitrogen and oxygen atoms in total. The zero-order valence-electron chi connectivity index (χ0n) is 11.3. The van der Waals surface area contributed by atoms with Crippen molar-refractivity contribution < 1.29 is 9.53 Å². The van der Waals surface area contributed by atoms with E-state index < -0.39 is 0 Å². The van der Waals surface area contributed by atoms with Crippen molar-refractivity contribution in [1.82, 2.24) is 10.3 Å². The number of anilines is 1. The fourth-order valence-corrected chi connectivity index (χ4v) is 2.16. The van der Waals surface area contributed by atoms with Gasteiger partial charge in [-0.1, -0.05) is 0 Å². The Morgan fingerprint density at radius 2 is 2.37 bits per heavy atom. The Hall–Kier alpha value is -1.62. The zero-order chi connectivity index (χ0) is 13.5. The van der Waals surface area contributed by atoms with Gasteiger partial charge in [-0.2, -0.15) is 0 Å². The monoisotopic (exact) mass is 263 g/mol. The Balaban J connectivity index is 1.73. The highest BCUT2D eigenvalue weighted by Crippen LogP contribution is 2.14. The first-order valence-corrected chi connectivity index (χ1v) is 6.83. The van der Waals surface area contributed by atoms with Crippen molar-refractivity contribution in [2.75, 3.05) is 25.5 Å². The van der Waals surface area contributed by atoms with E-state index in [0.717, 1.165) is 31.7 Å². The summed E-state index contributed by atoms with van der Waals surface area (Å²) in [5.74, 6) is 0.679. The summed E-state index contributed by atoms with van der Waals surface area (Å²) < 4.78 is 5.62. The number of hydrogen-bond acceptors (Lipinski definition) is 4. The highest BCUT2D eigenvalue weighted by Gasteiger charge is 2.14. The number of hydrogen-bond donors (Lipinski definition) is 2. The highest BCUT2D eigenvalue weighted by atomic mass is 16.5. The second-order valence-electron chi connectivity index (χ2n) is 4.72. The van der Waals surface area contributed by atoms with Crippen molar-refractivity contribution in [3.8, 4) is 0 Å². The minimum absolute atomic E-state index is 0.0778. The van der Waals surface area contributed by atoms with Crippen LogP contribution in [0.3, 0.4) is 0 Å². The Labute approximate surface area is 113 Å². The molecule has 0 aliphatic carbocycles. The Kier molecular flexibility index (Phi) is 5.15. The standard InChI is InChI=1S/C14H21N3O2/c1-15-13-6-5-11(10-17-13)14(18)16-8-7-12-4-2-3-9-19-12/h5-6,10,12H,2-4,7-9H2,1H3,(H,15,17)(H,16,18). The smallest absolute Gasteiger partial charge is 0.252 e. The number of pyridine rings is 1. The number of amides is 1. The molecule has 0 radical (unpaired) electrons. The van der Waals surface area contributed by atoms with Crippen LogP contribution in [0, 0.1) is 0 Å². The van der Waals surface area contributed by atoms with Crippen LogP contribution >= 0.6 is 0 Å². The first-order valence-electron chi connectivity index (χ1n) is 6.83. The zero-order valence-corrected chi connectivity index (χ0v) is 11.3. The van der Waals surface area contributed by atoms with Crippen LogP contribution in [0.15, 0.2) is 18.3 Å². The molecule has 19 heavy (non-hydrogen) atoms. The van der Waals surface area contributed by atoms with E-state index in [9.17, 15) is 4.79 Å². The molecular weight excluding hydrogens is 242 g/mol. The van der Waals surface area contributed by atoms with Crippen LogP contribution in [-0.2, 0) is 4.74 Å². The van der Waals surface area contributed by atoms with E-state index in [-0.39, 0.29) is 5.91 Å². The number of aromatic nitrogens is 1. The average molecular weight is 263 g/mol. The van der Waals surface area contributed by atoms with Crippen molar-refractivity contribution in [2.45, 2.75) is 31.8 Å². The molecule has 2 N–H and O–H groups in total. The summed E-state index contributed by atoms with van der Waals surface area (Å²) in [6.45, 7) is 1.51. The maximum absolute atomic E-state index is 11.9. The summed E-state index contributed by atoms with van der Waals surface area (Å²) in [7, 11) is 1.80. The summed E-state index contributed by atoms with van der Waals surface area (Å²) in [5, 5.41) is 5.82. The first kappa shape index (κ1) is 13.8. The fraction of sp³-hybridized carbons (Fsp3) is 0.571. The maximum atomic E-state index is 11.9. The second-order valence-corrected chi connectivity index (χ2v) is 4.72. The van der Waals surface area contributed by atoms with Crippen LogP contribution in [0.1, 0.15) is 36.0 Å². The largest absolute Gasteiger partial charge is 0.378 e. The Bertz CT molecular complexity index is 400. The predicted molar refractivity (Wildman–Crippen MR) is 74.3 cm³/mol. The van der Waals surface area contributed by atoms with Gasteiger partial charge in [0, 0.05) is 26.4 Å². The molecule has 1 fully saturated rings. The number of rotatable bonds is 5. The molecule has 5 heteroatoms. The van der Waals surface area contributed by atoms with Crippen molar-refractivity contribution >= 4 is 11.7 Å². The quantitative estimate of drug-likeness (QED) is 0.850. The van der Waals surface area contributed by atoms with Gasteiger partial charge in [-0.25, -0.2) is 4.98 Å². The minimum atomic E-state index is -0.0778. The molecule has 1 atom stereocenters. The normalized spacial score (nSPS) is 18.9. The second kappa shape index (κ2) is 7.09. The molecule has 0 saturated carbocycles. The molecule has 1 aromatic rings. The predicted octanol–water partition coefficient (Wildman–Crippen LogP) is 1.81. The van der Waals surface area contributed by atoms with Crippen LogP contribution in [-0.4, -0.2) is 37.2 Å². The van der Waals surface area contributed by atoms with Gasteiger partial charge in [-0.05, 0) is 37.8 Å². The van der Waals surface area contributed by atoms with E-state index in [1.54, 1.807) is 25.4 Å². The van der Waals surface area contributed by atoms with Crippen LogP contribution < -0.4 is 10.6 Å². The number of nitrogens with one attached hydrogen (secondary N) is 2. The van der Waals surface area contributed by atoms with Crippen LogP contribution in [0.4, 0.5) is 5.82 Å². The minimum Gasteiger partial charge on any atom is -0.378 e. The average Bonchev–Trinajstić information content (AvgIpc) is 2.48. The topological polar surface area (TPSA) is 63.2 Å². The lowest BCUT2D eigenvalue weighted by Crippen LogP contribution is -2.29. The highest BCUT2D eigenvalue weighted by molar-refractivity contribution is 5.93. The number of ether oxygens (including phenoxy) is 1. The van der Waals surface area contributed by atoms with Crippen molar-refractivity contribution in [2.24, 2.45) is 0 Å². The van der Waals surface area contributed by atoms with Crippen molar-refractivity contribution in [1.29, 1.82) is 0 Å². The number of carbonyl (C=O) groups excluding carboxylic acids is 1. The number of carbonyl (C=O) groups is 1. The van der Waals surface area contributed by atoms with E-state index in [1.807, 2.05) is 0 Å². The molecule has 104 valence electrons. The molecular formula is C14H21N3O2. The lowest BCUT2D eigenvalue weighted by molar-refractivity contribution is 0.0117. The van der Waals surface area contributed by atoms with Gasteiger partial charge in [0.2, 0.25) is 0 Å². The van der Waals surface area contributed by atoms with Crippen LogP contribution in [0.25, 0.3) is 0 Å². The van der Waals surface area contributed by atoms with E-state index in [1.165, 1.54) is 6.42 Å². The summed E-state index contributed by atoms with van der Waals surface area (Å²) in [5.41, 5.74) is 0.587. The third-order valence-corrected chi connectivity index (χ3v) is 3.31. The van der Waals surface area contributed by atoms with Gasteiger partial charge < -0.3 is 15.4 Å². The summed E-state index contributed by atoms with van der Waals surface area (Å²) in [6.07, 6.45) is 6.26. The SMILES string of the molecule is CNc1ccc(C(=O)NCCC2CCCCO2)cn1. The lowest BCUT2D eigenvalue weighted by Gasteiger charge is -2.22. The lowest BCUT2D eigenvalue weighted by atomic mass is 10.1. The molecule has 1 unspecified atom stereocenters. The van der Waals surface area contributed by atoms with Crippen molar-refractivity contribution in [3.63, 3.8) is 0 Å². The van der Waals surface area contributed by atoms with Gasteiger partial charge in [-0.3, -0.25) is 4.79 Å². The van der Waals surface area contributed by atoms with Crippen LogP contribution in [0.5, 0.6) is 0 Å². The molecule has 1 aromatic heterocycles. The van der Waals surface area contributed by atoms with Crippen molar-refractivity contribution in [3.05, 3.63) is 23.9 Å². The van der Waals surface area contributed by atoms with Crippen LogP contribution in [0.2, 0.25) is 0 Å². The molecule has 1 amide bonds. The molecule has 1 aliphatic heterocycles. The van der Waals surface area contributed by atoms with Gasteiger partial charge in [0.1, 0.15) is 5.82 Å². The third-order valence-electron chi connectivity index (χ3n) is 3.31. The molecule has 1 aliphatic rings. The van der Waals surface area contributed by atoms with Gasteiger partial charge in [0.15, 0.2) is 0 Å². The van der Waals surface area contributed by atoms with E-state index in [4.69, 9.17) is 4.74 Å². The van der Waals surface area contributed by atoms with Gasteiger partial charge in [-0.15, -0.1) is 0 Å². The molecule has 0 aromatic carbocycles.